The molecule has 0 fully saturated rings. The minimum atomic E-state index is 0.701. The van der Waals surface area contributed by atoms with Crippen molar-refractivity contribution in [3.63, 3.8) is 0 Å². The van der Waals surface area contributed by atoms with Gasteiger partial charge in [0.25, 0.3) is 0 Å². The van der Waals surface area contributed by atoms with Gasteiger partial charge in [-0.15, -0.1) is 0 Å². The zero-order valence-electron chi connectivity index (χ0n) is 12.0. The first-order chi connectivity index (χ1) is 8.72. The van der Waals surface area contributed by atoms with Crippen molar-refractivity contribution in [3.05, 3.63) is 29.8 Å². The molecule has 0 unspecified atom stereocenters. The molecule has 0 saturated carbocycles. The molecule has 1 aromatic carbocycles. The summed E-state index contributed by atoms with van der Waals surface area (Å²) >= 11 is 0. The molecule has 0 heterocycles. The van der Waals surface area contributed by atoms with Crippen LogP contribution in [0.3, 0.4) is 0 Å². The lowest BCUT2D eigenvalue weighted by atomic mass is 10.1. The van der Waals surface area contributed by atoms with Gasteiger partial charge < -0.3 is 10.1 Å². The Hall–Kier alpha value is -1.02. The molecular formula is C16H27NO. The minimum absolute atomic E-state index is 0.701. The van der Waals surface area contributed by atoms with Crippen LogP contribution in [0.15, 0.2) is 24.3 Å². The van der Waals surface area contributed by atoms with Crippen LogP contribution in [-0.2, 0) is 6.54 Å². The molecule has 102 valence electrons. The van der Waals surface area contributed by atoms with Crippen LogP contribution < -0.4 is 10.1 Å². The Morgan fingerprint density at radius 3 is 2.50 bits per heavy atom. The van der Waals surface area contributed by atoms with Crippen molar-refractivity contribution in [1.29, 1.82) is 0 Å². The molecule has 0 bridgehead atoms. The largest absolute Gasteiger partial charge is 0.494 e. The molecule has 0 aliphatic heterocycles. The number of benzene rings is 1. The number of hydrogen-bond donors (Lipinski definition) is 1. The van der Waals surface area contributed by atoms with Crippen molar-refractivity contribution in [1.82, 2.24) is 5.32 Å². The average molecular weight is 249 g/mol. The lowest BCUT2D eigenvalue weighted by molar-refractivity contribution is 0.289. The lowest BCUT2D eigenvalue weighted by Gasteiger charge is -2.09. The van der Waals surface area contributed by atoms with Crippen molar-refractivity contribution >= 4 is 0 Å². The van der Waals surface area contributed by atoms with Gasteiger partial charge in [0.2, 0.25) is 0 Å². The topological polar surface area (TPSA) is 21.3 Å². The zero-order valence-corrected chi connectivity index (χ0v) is 12.0. The third kappa shape index (κ3) is 6.65. The van der Waals surface area contributed by atoms with E-state index < -0.39 is 0 Å². The summed E-state index contributed by atoms with van der Waals surface area (Å²) in [5, 5.41) is 3.44. The van der Waals surface area contributed by atoms with E-state index >= 15 is 0 Å². The molecule has 1 N–H and O–H groups in total. The third-order valence-electron chi connectivity index (χ3n) is 2.92. The Morgan fingerprint density at radius 2 is 1.89 bits per heavy atom. The summed E-state index contributed by atoms with van der Waals surface area (Å²) in [7, 11) is 0. The Bertz CT molecular complexity index is 305. The smallest absolute Gasteiger partial charge is 0.119 e. The van der Waals surface area contributed by atoms with Crippen molar-refractivity contribution in [2.75, 3.05) is 13.2 Å². The molecular weight excluding hydrogens is 222 g/mol. The van der Waals surface area contributed by atoms with Crippen LogP contribution >= 0.6 is 0 Å². The van der Waals surface area contributed by atoms with E-state index in [0.717, 1.165) is 31.9 Å². The van der Waals surface area contributed by atoms with Gasteiger partial charge in [0, 0.05) is 6.54 Å². The van der Waals surface area contributed by atoms with Crippen LogP contribution in [0.25, 0.3) is 0 Å². The van der Waals surface area contributed by atoms with Crippen LogP contribution in [0.5, 0.6) is 5.75 Å². The van der Waals surface area contributed by atoms with Crippen LogP contribution in [0.1, 0.15) is 45.6 Å². The molecule has 0 atom stereocenters. The van der Waals surface area contributed by atoms with Crippen molar-refractivity contribution in [3.8, 4) is 5.75 Å². The second-order valence-electron chi connectivity index (χ2n) is 5.21. The van der Waals surface area contributed by atoms with Gasteiger partial charge in [-0.05, 0) is 43.0 Å². The Kier molecular flexibility index (Phi) is 7.51. The first kappa shape index (κ1) is 15.0. The quantitative estimate of drug-likeness (QED) is 0.668. The molecule has 0 saturated heterocycles. The predicted octanol–water partition coefficient (Wildman–Crippen LogP) is 4.00. The summed E-state index contributed by atoms with van der Waals surface area (Å²) in [6.45, 7) is 9.51. The first-order valence-electron chi connectivity index (χ1n) is 7.14. The maximum atomic E-state index is 5.69. The summed E-state index contributed by atoms with van der Waals surface area (Å²) in [6.07, 6.45) is 3.60. The van der Waals surface area contributed by atoms with Gasteiger partial charge >= 0.3 is 0 Å². The highest BCUT2D eigenvalue weighted by atomic mass is 16.5. The molecule has 2 heteroatoms. The van der Waals surface area contributed by atoms with E-state index in [1.54, 1.807) is 0 Å². The highest BCUT2D eigenvalue weighted by molar-refractivity contribution is 5.27. The van der Waals surface area contributed by atoms with Crippen LogP contribution in [-0.4, -0.2) is 13.2 Å². The molecule has 1 rings (SSSR count). The van der Waals surface area contributed by atoms with E-state index in [0.29, 0.717) is 5.92 Å². The number of ether oxygens (including phenoxy) is 1. The van der Waals surface area contributed by atoms with Crippen molar-refractivity contribution in [2.24, 2.45) is 5.92 Å². The van der Waals surface area contributed by atoms with Crippen LogP contribution in [0, 0.1) is 5.92 Å². The standard InChI is InChI=1S/C16H27NO/c1-4-5-11-17-13-15-6-8-16(9-7-15)18-12-10-14(2)3/h6-9,14,17H,4-5,10-13H2,1-3H3. The molecule has 0 radical (unpaired) electrons. The summed E-state index contributed by atoms with van der Waals surface area (Å²) in [4.78, 5) is 0. The summed E-state index contributed by atoms with van der Waals surface area (Å²) in [5.41, 5.74) is 1.32. The summed E-state index contributed by atoms with van der Waals surface area (Å²) < 4.78 is 5.69. The highest BCUT2D eigenvalue weighted by Crippen LogP contribution is 2.13. The predicted molar refractivity (Wildman–Crippen MR) is 78.0 cm³/mol. The molecule has 0 spiro atoms. The molecule has 0 aromatic heterocycles. The van der Waals surface area contributed by atoms with Crippen molar-refractivity contribution in [2.45, 2.75) is 46.6 Å². The van der Waals surface area contributed by atoms with Crippen molar-refractivity contribution < 1.29 is 4.74 Å². The minimum Gasteiger partial charge on any atom is -0.494 e. The molecule has 0 aliphatic rings. The van der Waals surface area contributed by atoms with Gasteiger partial charge in [0.05, 0.1) is 6.61 Å². The highest BCUT2D eigenvalue weighted by Gasteiger charge is 1.97. The van der Waals surface area contributed by atoms with Crippen LogP contribution in [0.4, 0.5) is 0 Å². The SMILES string of the molecule is CCCCNCc1ccc(OCCC(C)C)cc1. The third-order valence-corrected chi connectivity index (χ3v) is 2.92. The fourth-order valence-electron chi connectivity index (χ4n) is 1.65. The lowest BCUT2D eigenvalue weighted by Crippen LogP contribution is -2.14. The molecule has 1 aromatic rings. The monoisotopic (exact) mass is 249 g/mol. The Morgan fingerprint density at radius 1 is 1.17 bits per heavy atom. The van der Waals surface area contributed by atoms with Gasteiger partial charge in [0.15, 0.2) is 0 Å². The number of unbranched alkanes of at least 4 members (excludes halogenated alkanes) is 1. The van der Waals surface area contributed by atoms with Gasteiger partial charge in [-0.2, -0.15) is 0 Å². The average Bonchev–Trinajstić information content (AvgIpc) is 2.36. The maximum Gasteiger partial charge on any atom is 0.119 e. The fourth-order valence-corrected chi connectivity index (χ4v) is 1.65. The first-order valence-corrected chi connectivity index (χ1v) is 7.14. The number of nitrogens with one attached hydrogen (secondary N) is 1. The summed E-state index contributed by atoms with van der Waals surface area (Å²) in [5.74, 6) is 1.68. The van der Waals surface area contributed by atoms with Crippen LogP contribution in [0.2, 0.25) is 0 Å². The van der Waals surface area contributed by atoms with E-state index in [9.17, 15) is 0 Å². The van der Waals surface area contributed by atoms with E-state index in [-0.39, 0.29) is 0 Å². The Labute approximate surface area is 112 Å². The molecule has 0 aliphatic carbocycles. The fraction of sp³-hybridized carbons (Fsp3) is 0.625. The maximum absolute atomic E-state index is 5.69. The van der Waals surface area contributed by atoms with E-state index in [1.165, 1.54) is 18.4 Å². The zero-order chi connectivity index (χ0) is 13.2. The second kappa shape index (κ2) is 8.98. The summed E-state index contributed by atoms with van der Waals surface area (Å²) in [6, 6.07) is 8.42. The number of hydrogen-bond acceptors (Lipinski definition) is 2. The van der Waals surface area contributed by atoms with Gasteiger partial charge in [0.1, 0.15) is 5.75 Å². The second-order valence-corrected chi connectivity index (χ2v) is 5.21. The van der Waals surface area contributed by atoms with E-state index in [1.807, 2.05) is 0 Å². The van der Waals surface area contributed by atoms with E-state index in [4.69, 9.17) is 4.74 Å². The van der Waals surface area contributed by atoms with Gasteiger partial charge in [-0.1, -0.05) is 39.3 Å². The normalized spacial score (nSPS) is 10.9. The van der Waals surface area contributed by atoms with Gasteiger partial charge in [-0.25, -0.2) is 0 Å². The Balaban J connectivity index is 2.24. The molecule has 2 nitrogen and oxygen atoms in total. The molecule has 0 amide bonds. The number of rotatable bonds is 9. The molecule has 18 heavy (non-hydrogen) atoms. The van der Waals surface area contributed by atoms with Gasteiger partial charge in [-0.3, -0.25) is 0 Å². The van der Waals surface area contributed by atoms with E-state index in [2.05, 4.69) is 50.4 Å².